The van der Waals surface area contributed by atoms with Gasteiger partial charge in [0.2, 0.25) is 0 Å². The van der Waals surface area contributed by atoms with Gasteiger partial charge in [-0.1, -0.05) is 39.0 Å². The molecule has 2 N–H and O–H groups in total. The first-order valence-electron chi connectivity index (χ1n) is 11.3. The second-order valence-corrected chi connectivity index (χ2v) is 9.54. The third-order valence-electron chi connectivity index (χ3n) is 6.80. The van der Waals surface area contributed by atoms with Crippen molar-refractivity contribution in [2.75, 3.05) is 0 Å². The molecule has 0 aromatic rings. The summed E-state index contributed by atoms with van der Waals surface area (Å²) in [6.07, 6.45) is 7.68. The van der Waals surface area contributed by atoms with Crippen molar-refractivity contribution in [3.05, 3.63) is 23.8 Å². The van der Waals surface area contributed by atoms with Crippen molar-refractivity contribution in [1.82, 2.24) is 0 Å². The number of rotatable bonds is 7. The maximum Gasteiger partial charge on any atom is 0.309 e. The van der Waals surface area contributed by atoms with Gasteiger partial charge in [-0.2, -0.15) is 0 Å². The number of carbonyl (C=O) groups excluding carboxylic acids is 2. The Labute approximate surface area is 183 Å². The van der Waals surface area contributed by atoms with Gasteiger partial charge in [-0.15, -0.1) is 0 Å². The van der Waals surface area contributed by atoms with Gasteiger partial charge in [-0.25, -0.2) is 0 Å². The zero-order valence-electron chi connectivity index (χ0n) is 18.5. The number of ether oxygens (including phenoxy) is 2. The third kappa shape index (κ3) is 5.97. The third-order valence-corrected chi connectivity index (χ3v) is 6.80. The van der Waals surface area contributed by atoms with Crippen LogP contribution in [0.4, 0.5) is 0 Å². The van der Waals surface area contributed by atoms with Gasteiger partial charge in [0.05, 0.1) is 24.9 Å². The summed E-state index contributed by atoms with van der Waals surface area (Å²) < 4.78 is 11.3. The summed E-state index contributed by atoms with van der Waals surface area (Å²) in [6, 6.07) is 0. The Hall–Kier alpha value is -2.15. The molecule has 0 amide bonds. The molecule has 0 aromatic heterocycles. The molecule has 3 rings (SSSR count). The number of aliphatic hydroxyl groups excluding tert-OH is 1. The van der Waals surface area contributed by atoms with Crippen LogP contribution in [0.2, 0.25) is 0 Å². The lowest BCUT2D eigenvalue weighted by Crippen LogP contribution is -2.42. The van der Waals surface area contributed by atoms with Crippen molar-refractivity contribution in [1.29, 1.82) is 0 Å². The maximum absolute atomic E-state index is 12.6. The van der Waals surface area contributed by atoms with E-state index in [1.165, 1.54) is 0 Å². The summed E-state index contributed by atoms with van der Waals surface area (Å²) in [5, 5.41) is 18.9. The highest BCUT2D eigenvalue weighted by Crippen LogP contribution is 2.45. The molecule has 2 aliphatic carbocycles. The molecule has 0 radical (unpaired) electrons. The first kappa shape index (κ1) is 23.5. The van der Waals surface area contributed by atoms with E-state index in [-0.39, 0.29) is 54.7 Å². The van der Waals surface area contributed by atoms with E-state index in [4.69, 9.17) is 14.6 Å². The largest absolute Gasteiger partial charge is 0.481 e. The van der Waals surface area contributed by atoms with Crippen molar-refractivity contribution in [2.24, 2.45) is 29.6 Å². The van der Waals surface area contributed by atoms with Gasteiger partial charge in [0.15, 0.2) is 0 Å². The van der Waals surface area contributed by atoms with Crippen molar-refractivity contribution < 1.29 is 34.1 Å². The summed E-state index contributed by atoms with van der Waals surface area (Å²) in [6.45, 7) is 5.82. The Bertz CT molecular complexity index is 755. The van der Waals surface area contributed by atoms with Crippen molar-refractivity contribution in [3.63, 3.8) is 0 Å². The van der Waals surface area contributed by atoms with Crippen molar-refractivity contribution >= 4 is 17.9 Å². The van der Waals surface area contributed by atoms with Crippen LogP contribution in [0, 0.1) is 29.6 Å². The summed E-state index contributed by atoms with van der Waals surface area (Å²) in [5.41, 5.74) is 1.16. The van der Waals surface area contributed by atoms with Crippen LogP contribution in [0.1, 0.15) is 59.3 Å². The Morgan fingerprint density at radius 3 is 2.68 bits per heavy atom. The van der Waals surface area contributed by atoms with Gasteiger partial charge in [-0.05, 0) is 42.6 Å². The number of esters is 2. The highest BCUT2D eigenvalue weighted by molar-refractivity contribution is 5.78. The number of fused-ring (bicyclic) bond motifs is 1. The van der Waals surface area contributed by atoms with E-state index in [2.05, 4.69) is 32.1 Å². The number of carbonyl (C=O) groups is 3. The molecule has 1 unspecified atom stereocenters. The minimum Gasteiger partial charge on any atom is -0.481 e. The summed E-state index contributed by atoms with van der Waals surface area (Å²) >= 11 is 0. The van der Waals surface area contributed by atoms with E-state index < -0.39 is 24.0 Å². The Morgan fingerprint density at radius 2 is 2.00 bits per heavy atom. The fourth-order valence-corrected chi connectivity index (χ4v) is 5.25. The van der Waals surface area contributed by atoms with E-state index in [1.807, 2.05) is 0 Å². The monoisotopic (exact) mass is 434 g/mol. The number of carboxylic acid groups (broad SMARTS) is 1. The highest BCUT2D eigenvalue weighted by atomic mass is 16.6. The van der Waals surface area contributed by atoms with Crippen LogP contribution >= 0.6 is 0 Å². The smallest absolute Gasteiger partial charge is 0.309 e. The molecule has 7 nitrogen and oxygen atoms in total. The Kier molecular flexibility index (Phi) is 7.57. The molecule has 1 heterocycles. The normalized spacial score (nSPS) is 36.1. The number of hydrogen-bond donors (Lipinski definition) is 2. The molecule has 0 bridgehead atoms. The van der Waals surface area contributed by atoms with Crippen LogP contribution in [0.5, 0.6) is 0 Å². The molecular formula is C24H34O7. The first-order valence-corrected chi connectivity index (χ1v) is 11.3. The molecule has 0 aromatic carbocycles. The fraction of sp³-hybridized carbons (Fsp3) is 0.708. The van der Waals surface area contributed by atoms with Crippen LogP contribution in [0.3, 0.4) is 0 Å². The quantitative estimate of drug-likeness (QED) is 0.592. The van der Waals surface area contributed by atoms with Gasteiger partial charge in [-0.3, -0.25) is 14.4 Å². The lowest BCUT2D eigenvalue weighted by atomic mass is 9.65. The molecule has 172 valence electrons. The predicted molar refractivity (Wildman–Crippen MR) is 113 cm³/mol. The van der Waals surface area contributed by atoms with Crippen molar-refractivity contribution in [3.8, 4) is 0 Å². The number of cyclic esters (lactones) is 1. The molecule has 1 aliphatic heterocycles. The van der Waals surface area contributed by atoms with E-state index in [1.54, 1.807) is 6.92 Å². The standard InChI is InChI=1S/C24H34O7/c1-13-8-16-5-4-14(2)19(7-6-18-11-17(25)12-22(28)30-18)23(16)20(9-13)31-24(29)15(3)10-21(26)27/h4-5,8,13-15,17-20,23,25H,6-7,9-12H2,1-3H3,(H,26,27)/t13-,14-,15-,17-,18?,19-,20+,23-/m1/s1. The lowest BCUT2D eigenvalue weighted by molar-refractivity contribution is -0.163. The number of carboxylic acids is 1. The van der Waals surface area contributed by atoms with Crippen molar-refractivity contribution in [2.45, 2.75) is 77.6 Å². The zero-order valence-corrected chi connectivity index (χ0v) is 18.5. The number of hydrogen-bond acceptors (Lipinski definition) is 6. The molecule has 31 heavy (non-hydrogen) atoms. The molecule has 3 aliphatic rings. The lowest BCUT2D eigenvalue weighted by Gasteiger charge is -2.43. The number of allylic oxidation sites excluding steroid dienone is 3. The summed E-state index contributed by atoms with van der Waals surface area (Å²) in [5.74, 6) is -1.78. The first-order chi connectivity index (χ1) is 14.6. The SMILES string of the molecule is C[C@@H]1C=C2C=C[C@@H](C)[C@@H](CCC3C[C@@H](O)CC(=O)O3)[C@@H]2[C@@H](OC(=O)[C@H](C)CC(=O)O)C1. The van der Waals surface area contributed by atoms with Crippen LogP contribution < -0.4 is 0 Å². The van der Waals surface area contributed by atoms with E-state index in [0.29, 0.717) is 19.3 Å². The zero-order chi connectivity index (χ0) is 22.7. The molecule has 1 saturated heterocycles. The molecular weight excluding hydrogens is 400 g/mol. The number of aliphatic hydroxyl groups is 1. The highest BCUT2D eigenvalue weighted by Gasteiger charge is 2.42. The molecule has 8 atom stereocenters. The second kappa shape index (κ2) is 9.98. The van der Waals surface area contributed by atoms with Gasteiger partial charge in [0.1, 0.15) is 12.2 Å². The van der Waals surface area contributed by atoms with E-state index >= 15 is 0 Å². The van der Waals surface area contributed by atoms with Crippen LogP contribution in [0.15, 0.2) is 23.8 Å². The van der Waals surface area contributed by atoms with E-state index in [9.17, 15) is 19.5 Å². The minimum atomic E-state index is -1.02. The van der Waals surface area contributed by atoms with Gasteiger partial charge in [0, 0.05) is 12.3 Å². The van der Waals surface area contributed by atoms with Crippen LogP contribution in [-0.2, 0) is 23.9 Å². The summed E-state index contributed by atoms with van der Waals surface area (Å²) in [7, 11) is 0. The molecule has 1 fully saturated rings. The maximum atomic E-state index is 12.6. The Morgan fingerprint density at radius 1 is 1.26 bits per heavy atom. The molecule has 0 spiro atoms. The van der Waals surface area contributed by atoms with Crippen LogP contribution in [0.25, 0.3) is 0 Å². The summed E-state index contributed by atoms with van der Waals surface area (Å²) in [4.78, 5) is 35.2. The Balaban J connectivity index is 1.73. The molecule has 0 saturated carbocycles. The second-order valence-electron chi connectivity index (χ2n) is 9.54. The predicted octanol–water partition coefficient (Wildman–Crippen LogP) is 3.26. The topological polar surface area (TPSA) is 110 Å². The average molecular weight is 435 g/mol. The molecule has 7 heteroatoms. The van der Waals surface area contributed by atoms with E-state index in [0.717, 1.165) is 12.0 Å². The number of aliphatic carboxylic acids is 1. The van der Waals surface area contributed by atoms with Gasteiger partial charge < -0.3 is 19.7 Å². The minimum absolute atomic E-state index is 0.0291. The van der Waals surface area contributed by atoms with Gasteiger partial charge in [0.25, 0.3) is 0 Å². The van der Waals surface area contributed by atoms with Crippen LogP contribution in [-0.4, -0.2) is 46.4 Å². The van der Waals surface area contributed by atoms with Gasteiger partial charge >= 0.3 is 17.9 Å². The average Bonchev–Trinajstić information content (AvgIpc) is 2.66. The fourth-order valence-electron chi connectivity index (χ4n) is 5.25.